The molecule has 1 aromatic heterocycles. The number of aromatic nitrogens is 2. The van der Waals surface area contributed by atoms with E-state index in [2.05, 4.69) is 15.0 Å². The number of alkyl halides is 3. The molecule has 0 unspecified atom stereocenters. The Morgan fingerprint density at radius 3 is 2.33 bits per heavy atom. The van der Waals surface area contributed by atoms with E-state index >= 15 is 0 Å². The summed E-state index contributed by atoms with van der Waals surface area (Å²) >= 11 is 0. The summed E-state index contributed by atoms with van der Waals surface area (Å²) in [5.41, 5.74) is 0.199. The minimum absolute atomic E-state index is 0.0278. The molecule has 0 atom stereocenters. The number of anilines is 1. The maximum absolute atomic E-state index is 12.8. The summed E-state index contributed by atoms with van der Waals surface area (Å²) in [5.74, 6) is -0.368. The number of nitrogens with zero attached hydrogens (tertiary/aromatic N) is 4. The molecule has 1 spiro atoms. The highest BCUT2D eigenvalue weighted by Gasteiger charge is 2.44. The summed E-state index contributed by atoms with van der Waals surface area (Å²) in [5, 5.41) is 2.71. The summed E-state index contributed by atoms with van der Waals surface area (Å²) in [4.78, 5) is 18.3. The van der Waals surface area contributed by atoms with Crippen LogP contribution < -0.4 is 10.1 Å². The van der Waals surface area contributed by atoms with Crippen LogP contribution in [0.1, 0.15) is 19.3 Å². The fraction of sp³-hybridized carbons (Fsp3) is 0.500. The van der Waals surface area contributed by atoms with Crippen molar-refractivity contribution in [2.75, 3.05) is 31.5 Å². The number of amides is 2. The van der Waals surface area contributed by atoms with Crippen LogP contribution in [0.4, 0.5) is 23.7 Å². The summed E-state index contributed by atoms with van der Waals surface area (Å²) in [6, 6.07) is 4.59. The smallest absolute Gasteiger partial charge is 0.406 e. The zero-order chi connectivity index (χ0) is 23.9. The van der Waals surface area contributed by atoms with Crippen molar-refractivity contribution in [1.29, 1.82) is 0 Å². The van der Waals surface area contributed by atoms with Gasteiger partial charge in [0, 0.05) is 45.1 Å². The Kier molecular flexibility index (Phi) is 6.03. The van der Waals surface area contributed by atoms with Gasteiger partial charge in [-0.1, -0.05) is 0 Å². The van der Waals surface area contributed by atoms with Gasteiger partial charge in [-0.2, -0.15) is 4.31 Å². The largest absolute Gasteiger partial charge is 0.573 e. The first-order valence-electron chi connectivity index (χ1n) is 10.4. The number of halogens is 3. The summed E-state index contributed by atoms with van der Waals surface area (Å²) in [7, 11) is -1.94. The molecule has 4 rings (SSSR count). The molecule has 2 aliphatic heterocycles. The zero-order valence-electron chi connectivity index (χ0n) is 17.9. The number of carbonyl (C=O) groups is 1. The maximum atomic E-state index is 12.8. The normalized spacial score (nSPS) is 19.1. The molecule has 1 N–H and O–H groups in total. The molecule has 33 heavy (non-hydrogen) atoms. The summed E-state index contributed by atoms with van der Waals surface area (Å²) in [6.07, 6.45) is 0.169. The fourth-order valence-electron chi connectivity index (χ4n) is 4.31. The van der Waals surface area contributed by atoms with E-state index in [0.29, 0.717) is 44.7 Å². The maximum Gasteiger partial charge on any atom is 0.573 e. The SMILES string of the molecule is Cn1cnc(S(=O)(=O)N2CCC3(CCN(C(=O)Nc4ccc(OC(F)(F)F)cc4)C3)CC2)c1. The molecule has 180 valence electrons. The van der Waals surface area contributed by atoms with Gasteiger partial charge in [-0.15, -0.1) is 13.2 Å². The van der Waals surface area contributed by atoms with Crippen LogP contribution in [-0.2, 0) is 17.1 Å². The van der Waals surface area contributed by atoms with Crippen molar-refractivity contribution in [2.45, 2.75) is 30.7 Å². The Balaban J connectivity index is 1.32. The van der Waals surface area contributed by atoms with Crippen LogP contribution in [0.25, 0.3) is 0 Å². The number of carbonyl (C=O) groups excluding carboxylic acids is 1. The van der Waals surface area contributed by atoms with Crippen molar-refractivity contribution >= 4 is 21.7 Å². The molecule has 2 fully saturated rings. The second kappa shape index (κ2) is 8.52. The average Bonchev–Trinajstić information content (AvgIpc) is 3.36. The first-order chi connectivity index (χ1) is 15.5. The minimum Gasteiger partial charge on any atom is -0.406 e. The Morgan fingerprint density at radius 2 is 1.76 bits per heavy atom. The number of ether oxygens (including phenoxy) is 1. The number of hydrogen-bond donors (Lipinski definition) is 1. The molecule has 2 saturated heterocycles. The van der Waals surface area contributed by atoms with E-state index in [1.165, 1.54) is 29.0 Å². The predicted octanol–water partition coefficient (Wildman–Crippen LogP) is 3.03. The molecule has 1 aromatic carbocycles. The first-order valence-corrected chi connectivity index (χ1v) is 11.8. The van der Waals surface area contributed by atoms with E-state index in [9.17, 15) is 26.4 Å². The Morgan fingerprint density at radius 1 is 1.12 bits per heavy atom. The second-order valence-electron chi connectivity index (χ2n) is 8.46. The number of imidazole rings is 1. The summed E-state index contributed by atoms with van der Waals surface area (Å²) < 4.78 is 69.2. The number of rotatable bonds is 4. The highest BCUT2D eigenvalue weighted by atomic mass is 32.2. The number of sulfonamides is 1. The van der Waals surface area contributed by atoms with Crippen LogP contribution in [0.15, 0.2) is 41.8 Å². The van der Waals surface area contributed by atoms with Gasteiger partial charge in [0.2, 0.25) is 0 Å². The molecule has 9 nitrogen and oxygen atoms in total. The van der Waals surface area contributed by atoms with Crippen molar-refractivity contribution in [3.8, 4) is 5.75 Å². The van der Waals surface area contributed by atoms with Crippen LogP contribution in [0.2, 0.25) is 0 Å². The molecule has 3 heterocycles. The monoisotopic (exact) mass is 487 g/mol. The van der Waals surface area contributed by atoms with Gasteiger partial charge >= 0.3 is 12.4 Å². The average molecular weight is 488 g/mol. The molecule has 0 radical (unpaired) electrons. The van der Waals surface area contributed by atoms with Crippen molar-refractivity contribution in [2.24, 2.45) is 12.5 Å². The minimum atomic E-state index is -4.78. The number of benzene rings is 1. The fourth-order valence-corrected chi connectivity index (χ4v) is 5.72. The van der Waals surface area contributed by atoms with Crippen LogP contribution in [0.5, 0.6) is 5.75 Å². The molecule has 0 saturated carbocycles. The number of aryl methyl sites for hydroxylation is 1. The second-order valence-corrected chi connectivity index (χ2v) is 10.3. The Labute approximate surface area is 189 Å². The van der Waals surface area contributed by atoms with E-state index < -0.39 is 16.4 Å². The van der Waals surface area contributed by atoms with Crippen LogP contribution in [-0.4, -0.2) is 65.7 Å². The van der Waals surface area contributed by atoms with Crippen molar-refractivity contribution in [3.63, 3.8) is 0 Å². The van der Waals surface area contributed by atoms with Gasteiger partial charge in [0.1, 0.15) is 5.75 Å². The third-order valence-corrected chi connectivity index (χ3v) is 7.92. The van der Waals surface area contributed by atoms with Gasteiger partial charge < -0.3 is 19.5 Å². The van der Waals surface area contributed by atoms with Gasteiger partial charge in [-0.3, -0.25) is 0 Å². The first kappa shape index (κ1) is 23.4. The van der Waals surface area contributed by atoms with Crippen molar-refractivity contribution < 1.29 is 31.1 Å². The van der Waals surface area contributed by atoms with E-state index in [-0.39, 0.29) is 22.2 Å². The van der Waals surface area contributed by atoms with Gasteiger partial charge in [-0.25, -0.2) is 18.2 Å². The number of hydrogen-bond acceptors (Lipinski definition) is 5. The predicted molar refractivity (Wildman–Crippen MR) is 112 cm³/mol. The third kappa shape index (κ3) is 5.24. The highest BCUT2D eigenvalue weighted by molar-refractivity contribution is 7.89. The number of urea groups is 1. The Hall–Kier alpha value is -2.80. The van der Waals surface area contributed by atoms with Crippen molar-refractivity contribution in [3.05, 3.63) is 36.8 Å². The van der Waals surface area contributed by atoms with Gasteiger partial charge in [0.25, 0.3) is 10.0 Å². The molecule has 0 aliphatic carbocycles. The number of nitrogens with one attached hydrogen (secondary N) is 1. The molecular formula is C20H24F3N5O4S. The standard InChI is InChI=1S/C20H24F3N5O4S/c1-26-12-17(24-14-26)33(30,31)28-10-7-19(8-11-28)6-9-27(13-19)18(29)25-15-2-4-16(5-3-15)32-20(21,22)23/h2-5,12,14H,6-11,13H2,1H3,(H,25,29). The lowest BCUT2D eigenvalue weighted by molar-refractivity contribution is -0.274. The topological polar surface area (TPSA) is 96.8 Å². The van der Waals surface area contributed by atoms with Gasteiger partial charge in [-0.05, 0) is 48.9 Å². The van der Waals surface area contributed by atoms with Crippen molar-refractivity contribution in [1.82, 2.24) is 18.8 Å². The lowest BCUT2D eigenvalue weighted by Crippen LogP contribution is -2.45. The van der Waals surface area contributed by atoms with E-state index in [4.69, 9.17) is 0 Å². The lowest BCUT2D eigenvalue weighted by atomic mass is 9.78. The number of likely N-dealkylation sites (tertiary alicyclic amines) is 1. The molecule has 0 bridgehead atoms. The van der Waals surface area contributed by atoms with E-state index in [1.54, 1.807) is 16.5 Å². The molecule has 2 aromatic rings. The Bertz CT molecular complexity index is 1110. The molecule has 13 heteroatoms. The summed E-state index contributed by atoms with van der Waals surface area (Å²) in [6.45, 7) is 1.73. The van der Waals surface area contributed by atoms with E-state index in [0.717, 1.165) is 18.6 Å². The van der Waals surface area contributed by atoms with Gasteiger partial charge in [0.05, 0.1) is 6.33 Å². The van der Waals surface area contributed by atoms with E-state index in [1.807, 2.05) is 0 Å². The molecule has 2 amide bonds. The molecular weight excluding hydrogens is 463 g/mol. The molecule has 2 aliphatic rings. The van der Waals surface area contributed by atoms with Crippen LogP contribution >= 0.6 is 0 Å². The van der Waals surface area contributed by atoms with Crippen LogP contribution in [0.3, 0.4) is 0 Å². The third-order valence-electron chi connectivity index (χ3n) is 6.13. The zero-order valence-corrected chi connectivity index (χ0v) is 18.7. The lowest BCUT2D eigenvalue weighted by Gasteiger charge is -2.38. The van der Waals surface area contributed by atoms with Crippen LogP contribution in [0, 0.1) is 5.41 Å². The van der Waals surface area contributed by atoms with Gasteiger partial charge in [0.15, 0.2) is 5.03 Å². The highest BCUT2D eigenvalue weighted by Crippen LogP contribution is 2.41. The number of piperidine rings is 1. The quantitative estimate of drug-likeness (QED) is 0.715.